The maximum Gasteiger partial charge on any atom is 0.360 e. The molecule has 0 spiro atoms. The van der Waals surface area contributed by atoms with Gasteiger partial charge in [0.15, 0.2) is 11.8 Å². The summed E-state index contributed by atoms with van der Waals surface area (Å²) >= 11 is 0. The number of nitrogens with one attached hydrogen (secondary N) is 1. The van der Waals surface area contributed by atoms with E-state index in [9.17, 15) is 14.4 Å². The highest BCUT2D eigenvalue weighted by molar-refractivity contribution is 6.02. The van der Waals surface area contributed by atoms with Crippen molar-refractivity contribution in [3.63, 3.8) is 0 Å². The van der Waals surface area contributed by atoms with Crippen molar-refractivity contribution in [2.45, 2.75) is 58.7 Å². The van der Waals surface area contributed by atoms with E-state index in [1.54, 1.807) is 24.3 Å². The van der Waals surface area contributed by atoms with Crippen LogP contribution in [-0.2, 0) is 16.1 Å². The summed E-state index contributed by atoms with van der Waals surface area (Å²) < 4.78 is 6.75. The first-order valence-corrected chi connectivity index (χ1v) is 11.0. The van der Waals surface area contributed by atoms with Crippen molar-refractivity contribution in [1.82, 2.24) is 15.1 Å². The molecule has 7 nitrogen and oxygen atoms in total. The van der Waals surface area contributed by atoms with Crippen LogP contribution in [0, 0.1) is 0 Å². The SMILES string of the molecule is CCCCCn1nc(C(=O)OC(C)C(=O)NC(C)c2ccccc2)c2ccccc2c1=O. The number of unbranched alkanes of at least 4 members (excludes halogenated alkanes) is 2. The summed E-state index contributed by atoms with van der Waals surface area (Å²) in [7, 11) is 0. The van der Waals surface area contributed by atoms with Crippen molar-refractivity contribution in [2.24, 2.45) is 0 Å². The van der Waals surface area contributed by atoms with E-state index in [1.807, 2.05) is 37.3 Å². The normalized spacial score (nSPS) is 12.8. The second-order valence-electron chi connectivity index (χ2n) is 7.82. The van der Waals surface area contributed by atoms with Crippen LogP contribution in [0.1, 0.15) is 62.1 Å². The largest absolute Gasteiger partial charge is 0.448 e. The molecular formula is C25H29N3O4. The summed E-state index contributed by atoms with van der Waals surface area (Å²) in [4.78, 5) is 38.3. The lowest BCUT2D eigenvalue weighted by Gasteiger charge is -2.18. The number of ether oxygens (including phenoxy) is 1. The fourth-order valence-corrected chi connectivity index (χ4v) is 3.47. The Morgan fingerprint density at radius 3 is 2.34 bits per heavy atom. The number of carbonyl (C=O) groups excluding carboxylic acids is 2. The number of aryl methyl sites for hydroxylation is 1. The lowest BCUT2D eigenvalue weighted by atomic mass is 10.1. The third-order valence-electron chi connectivity index (χ3n) is 5.35. The zero-order valence-corrected chi connectivity index (χ0v) is 18.7. The standard InChI is InChI=1S/C25H29N3O4/c1-4-5-11-16-28-24(30)21-15-10-9-14-20(21)22(27-28)25(31)32-18(3)23(29)26-17(2)19-12-7-6-8-13-19/h6-10,12-15,17-18H,4-5,11,16H2,1-3H3,(H,26,29). The van der Waals surface area contributed by atoms with Crippen molar-refractivity contribution < 1.29 is 14.3 Å². The molecule has 0 aliphatic rings. The molecule has 0 fully saturated rings. The minimum Gasteiger partial charge on any atom is -0.448 e. The third-order valence-corrected chi connectivity index (χ3v) is 5.35. The van der Waals surface area contributed by atoms with Crippen LogP contribution in [0.2, 0.25) is 0 Å². The van der Waals surface area contributed by atoms with Crippen LogP contribution in [0.4, 0.5) is 0 Å². The lowest BCUT2D eigenvalue weighted by molar-refractivity contribution is -0.129. The molecule has 2 aromatic carbocycles. The highest BCUT2D eigenvalue weighted by Crippen LogP contribution is 2.16. The first-order chi connectivity index (χ1) is 15.4. The molecule has 7 heteroatoms. The molecule has 1 amide bonds. The first-order valence-electron chi connectivity index (χ1n) is 11.0. The molecule has 2 atom stereocenters. The van der Waals surface area contributed by atoms with E-state index in [-0.39, 0.29) is 17.3 Å². The molecule has 0 saturated heterocycles. The third kappa shape index (κ3) is 5.41. The molecule has 32 heavy (non-hydrogen) atoms. The summed E-state index contributed by atoms with van der Waals surface area (Å²) in [6.07, 6.45) is 1.73. The van der Waals surface area contributed by atoms with E-state index in [1.165, 1.54) is 11.6 Å². The minimum atomic E-state index is -1.02. The van der Waals surface area contributed by atoms with Crippen LogP contribution in [0.3, 0.4) is 0 Å². The van der Waals surface area contributed by atoms with E-state index in [0.717, 1.165) is 24.8 Å². The van der Waals surface area contributed by atoms with E-state index in [0.29, 0.717) is 17.3 Å². The number of nitrogens with zero attached hydrogens (tertiary/aromatic N) is 2. The zero-order valence-electron chi connectivity index (χ0n) is 18.7. The Labute approximate surface area is 187 Å². The van der Waals surface area contributed by atoms with Crippen molar-refractivity contribution in [3.05, 3.63) is 76.2 Å². The summed E-state index contributed by atoms with van der Waals surface area (Å²) in [6.45, 7) is 5.88. The van der Waals surface area contributed by atoms with E-state index in [4.69, 9.17) is 4.74 Å². The fourth-order valence-electron chi connectivity index (χ4n) is 3.47. The molecule has 168 valence electrons. The number of hydrogen-bond donors (Lipinski definition) is 1. The molecule has 0 bridgehead atoms. The Kier molecular flexibility index (Phi) is 7.76. The Morgan fingerprint density at radius 1 is 1.00 bits per heavy atom. The first kappa shape index (κ1) is 23.2. The number of hydrogen-bond acceptors (Lipinski definition) is 5. The van der Waals surface area contributed by atoms with Gasteiger partial charge in [-0.2, -0.15) is 5.10 Å². The fraction of sp³-hybridized carbons (Fsp3) is 0.360. The second kappa shape index (κ2) is 10.7. The molecule has 3 rings (SSSR count). The van der Waals surface area contributed by atoms with Gasteiger partial charge in [-0.3, -0.25) is 9.59 Å². The quantitative estimate of drug-likeness (QED) is 0.405. The zero-order chi connectivity index (χ0) is 23.1. The molecule has 0 saturated carbocycles. The van der Waals surface area contributed by atoms with Gasteiger partial charge in [-0.15, -0.1) is 0 Å². The van der Waals surface area contributed by atoms with Gasteiger partial charge >= 0.3 is 5.97 Å². The molecule has 0 aliphatic heterocycles. The maximum atomic E-state index is 12.9. The molecule has 2 unspecified atom stereocenters. The Balaban J connectivity index is 1.79. The number of carbonyl (C=O) groups is 2. The number of fused-ring (bicyclic) bond motifs is 1. The molecule has 0 aliphatic carbocycles. The van der Waals surface area contributed by atoms with Crippen LogP contribution in [0.15, 0.2) is 59.4 Å². The Bertz CT molecular complexity index is 1140. The molecule has 3 aromatic rings. The predicted octanol–water partition coefficient (Wildman–Crippen LogP) is 4.01. The number of esters is 1. The molecule has 0 radical (unpaired) electrons. The van der Waals surface area contributed by atoms with Crippen LogP contribution < -0.4 is 10.9 Å². The molecule has 1 N–H and O–H groups in total. The van der Waals surface area contributed by atoms with E-state index >= 15 is 0 Å². The summed E-state index contributed by atoms with van der Waals surface area (Å²) in [5.74, 6) is -1.14. The van der Waals surface area contributed by atoms with Gasteiger partial charge in [0.25, 0.3) is 11.5 Å². The van der Waals surface area contributed by atoms with Gasteiger partial charge < -0.3 is 10.1 Å². The molecule has 1 aromatic heterocycles. The molecular weight excluding hydrogens is 406 g/mol. The van der Waals surface area contributed by atoms with E-state index < -0.39 is 18.0 Å². The van der Waals surface area contributed by atoms with Crippen molar-refractivity contribution in [3.8, 4) is 0 Å². The lowest BCUT2D eigenvalue weighted by Crippen LogP contribution is -2.37. The highest BCUT2D eigenvalue weighted by atomic mass is 16.5. The van der Waals surface area contributed by atoms with Crippen LogP contribution in [-0.4, -0.2) is 27.8 Å². The van der Waals surface area contributed by atoms with Gasteiger partial charge in [0, 0.05) is 11.9 Å². The average Bonchev–Trinajstić information content (AvgIpc) is 2.81. The predicted molar refractivity (Wildman–Crippen MR) is 123 cm³/mol. The van der Waals surface area contributed by atoms with Crippen molar-refractivity contribution in [1.29, 1.82) is 0 Å². The molecule has 1 heterocycles. The van der Waals surface area contributed by atoms with E-state index in [2.05, 4.69) is 17.3 Å². The monoisotopic (exact) mass is 435 g/mol. The minimum absolute atomic E-state index is 0.0347. The number of amides is 1. The van der Waals surface area contributed by atoms with Gasteiger partial charge in [0.2, 0.25) is 0 Å². The summed E-state index contributed by atoms with van der Waals surface area (Å²) in [5.41, 5.74) is 0.745. The number of benzene rings is 2. The van der Waals surface area contributed by atoms with Crippen LogP contribution in [0.25, 0.3) is 10.8 Å². The van der Waals surface area contributed by atoms with Crippen molar-refractivity contribution in [2.75, 3.05) is 0 Å². The highest BCUT2D eigenvalue weighted by Gasteiger charge is 2.24. The van der Waals surface area contributed by atoms with Gasteiger partial charge in [-0.1, -0.05) is 68.3 Å². The summed E-state index contributed by atoms with van der Waals surface area (Å²) in [6, 6.07) is 16.1. The number of aromatic nitrogens is 2. The van der Waals surface area contributed by atoms with Gasteiger partial charge in [-0.25, -0.2) is 9.48 Å². The summed E-state index contributed by atoms with van der Waals surface area (Å²) in [5, 5.41) is 7.96. The topological polar surface area (TPSA) is 90.3 Å². The van der Waals surface area contributed by atoms with Gasteiger partial charge in [0.05, 0.1) is 11.4 Å². The van der Waals surface area contributed by atoms with Crippen LogP contribution in [0.5, 0.6) is 0 Å². The second-order valence-corrected chi connectivity index (χ2v) is 7.82. The van der Waals surface area contributed by atoms with Crippen LogP contribution >= 0.6 is 0 Å². The Morgan fingerprint density at radius 2 is 1.66 bits per heavy atom. The maximum absolute atomic E-state index is 12.9. The number of rotatable bonds is 9. The van der Waals surface area contributed by atoms with Gasteiger partial charge in [0.1, 0.15) is 0 Å². The smallest absolute Gasteiger partial charge is 0.360 e. The van der Waals surface area contributed by atoms with Gasteiger partial charge in [-0.05, 0) is 31.9 Å². The van der Waals surface area contributed by atoms with Crippen molar-refractivity contribution >= 4 is 22.6 Å². The Hall–Kier alpha value is -3.48. The average molecular weight is 436 g/mol.